The van der Waals surface area contributed by atoms with Crippen LogP contribution in [0.5, 0.6) is 5.75 Å². The number of benzene rings is 1. The van der Waals surface area contributed by atoms with Crippen LogP contribution in [0.2, 0.25) is 0 Å². The Hall–Kier alpha value is -2.75. The van der Waals surface area contributed by atoms with Crippen molar-refractivity contribution in [1.29, 1.82) is 0 Å². The third kappa shape index (κ3) is 5.12. The number of methoxy groups -OCH3 is 1. The lowest BCUT2D eigenvalue weighted by molar-refractivity contribution is -0.124. The Morgan fingerprint density at radius 3 is 2.87 bits per heavy atom. The van der Waals surface area contributed by atoms with E-state index in [9.17, 15) is 9.59 Å². The van der Waals surface area contributed by atoms with Crippen LogP contribution in [-0.2, 0) is 11.3 Å². The van der Waals surface area contributed by atoms with E-state index in [4.69, 9.17) is 4.74 Å². The number of carbonyl (C=O) groups excluding carboxylic acids is 2. The summed E-state index contributed by atoms with van der Waals surface area (Å²) >= 11 is 1.36. The number of hydrogen-bond acceptors (Lipinski definition) is 7. The predicted octanol–water partition coefficient (Wildman–Crippen LogP) is 3.05. The molecule has 0 spiro atoms. The van der Waals surface area contributed by atoms with Gasteiger partial charge in [-0.3, -0.25) is 9.69 Å². The molecule has 1 aromatic heterocycles. The van der Waals surface area contributed by atoms with Crippen molar-refractivity contribution < 1.29 is 14.3 Å². The van der Waals surface area contributed by atoms with Gasteiger partial charge in [0.1, 0.15) is 5.75 Å². The van der Waals surface area contributed by atoms with Crippen LogP contribution < -0.4 is 15.4 Å². The highest BCUT2D eigenvalue weighted by molar-refractivity contribution is 7.99. The standard InChI is InChI=1S/C21H28N6O3S/c1-30-17-9-5-6-15(12-17)23-13-18-24-25-21(27(18)16-7-3-2-4-8-16)31-14-19(28)26-11-10-22-20(26)29/h5-6,9,12,16,23H,2-4,7-8,10-11,13-14H2,1H3,(H,22,29). The monoisotopic (exact) mass is 444 g/mol. The van der Waals surface area contributed by atoms with E-state index in [1.54, 1.807) is 7.11 Å². The Labute approximate surface area is 185 Å². The van der Waals surface area contributed by atoms with Gasteiger partial charge in [-0.05, 0) is 25.0 Å². The quantitative estimate of drug-likeness (QED) is 0.604. The number of hydrogen-bond donors (Lipinski definition) is 2. The summed E-state index contributed by atoms with van der Waals surface area (Å²) in [6, 6.07) is 7.79. The van der Waals surface area contributed by atoms with Gasteiger partial charge >= 0.3 is 6.03 Å². The van der Waals surface area contributed by atoms with Crippen LogP contribution in [0.3, 0.4) is 0 Å². The highest BCUT2D eigenvalue weighted by Gasteiger charge is 2.28. The molecule has 0 atom stereocenters. The molecule has 2 heterocycles. The number of nitrogens with one attached hydrogen (secondary N) is 2. The minimum Gasteiger partial charge on any atom is -0.497 e. The van der Waals surface area contributed by atoms with E-state index in [1.165, 1.54) is 35.9 Å². The molecule has 1 saturated heterocycles. The summed E-state index contributed by atoms with van der Waals surface area (Å²) in [6.45, 7) is 1.45. The molecule has 2 N–H and O–H groups in total. The van der Waals surface area contributed by atoms with Crippen molar-refractivity contribution in [3.63, 3.8) is 0 Å². The second-order valence-corrected chi connectivity index (χ2v) is 8.65. The molecule has 2 aromatic rings. The molecular weight excluding hydrogens is 416 g/mol. The number of urea groups is 1. The summed E-state index contributed by atoms with van der Waals surface area (Å²) in [5, 5.41) is 15.6. The normalized spacial score (nSPS) is 16.9. The van der Waals surface area contributed by atoms with E-state index < -0.39 is 0 Å². The first kappa shape index (κ1) is 21.5. The van der Waals surface area contributed by atoms with Crippen molar-refractivity contribution in [3.8, 4) is 5.75 Å². The van der Waals surface area contributed by atoms with E-state index >= 15 is 0 Å². The van der Waals surface area contributed by atoms with Crippen molar-refractivity contribution >= 4 is 29.4 Å². The van der Waals surface area contributed by atoms with Gasteiger partial charge in [0.15, 0.2) is 11.0 Å². The van der Waals surface area contributed by atoms with Gasteiger partial charge < -0.3 is 19.9 Å². The molecule has 1 aliphatic heterocycles. The second-order valence-electron chi connectivity index (χ2n) is 7.71. The van der Waals surface area contributed by atoms with Gasteiger partial charge in [0.2, 0.25) is 5.91 Å². The van der Waals surface area contributed by atoms with Gasteiger partial charge in [0.05, 0.1) is 19.4 Å². The first-order valence-corrected chi connectivity index (χ1v) is 11.7. The number of thioether (sulfide) groups is 1. The highest BCUT2D eigenvalue weighted by atomic mass is 32.2. The van der Waals surface area contributed by atoms with Crippen LogP contribution in [0, 0.1) is 0 Å². The summed E-state index contributed by atoms with van der Waals surface area (Å²) in [5.74, 6) is 1.61. The molecule has 4 rings (SSSR count). The first-order chi connectivity index (χ1) is 15.2. The number of carbonyl (C=O) groups is 2. The number of imide groups is 1. The lowest BCUT2D eigenvalue weighted by Gasteiger charge is -2.25. The molecule has 0 radical (unpaired) electrons. The second kappa shape index (κ2) is 10.0. The highest BCUT2D eigenvalue weighted by Crippen LogP contribution is 2.33. The molecule has 1 aromatic carbocycles. The third-order valence-corrected chi connectivity index (χ3v) is 6.61. The Kier molecular flexibility index (Phi) is 6.96. The van der Waals surface area contributed by atoms with Crippen LogP contribution >= 0.6 is 11.8 Å². The molecule has 166 valence electrons. The van der Waals surface area contributed by atoms with Crippen molar-refractivity contribution in [2.24, 2.45) is 0 Å². The zero-order valence-electron chi connectivity index (χ0n) is 17.7. The lowest BCUT2D eigenvalue weighted by Crippen LogP contribution is -2.35. The SMILES string of the molecule is COc1cccc(NCc2nnc(SCC(=O)N3CCNC3=O)n2C2CCCCC2)c1. The van der Waals surface area contributed by atoms with Gasteiger partial charge in [-0.25, -0.2) is 4.79 Å². The van der Waals surface area contributed by atoms with Crippen LogP contribution in [0.1, 0.15) is 44.0 Å². The predicted molar refractivity (Wildman–Crippen MR) is 118 cm³/mol. The molecular formula is C21H28N6O3S. The van der Waals surface area contributed by atoms with Crippen LogP contribution in [-0.4, -0.2) is 57.6 Å². The van der Waals surface area contributed by atoms with Gasteiger partial charge in [-0.2, -0.15) is 0 Å². The van der Waals surface area contributed by atoms with E-state index in [1.807, 2.05) is 24.3 Å². The summed E-state index contributed by atoms with van der Waals surface area (Å²) in [5.41, 5.74) is 0.946. The third-order valence-electron chi connectivity index (χ3n) is 5.68. The summed E-state index contributed by atoms with van der Waals surface area (Å²) in [7, 11) is 1.65. The number of anilines is 1. The molecule has 10 heteroatoms. The number of amides is 3. The van der Waals surface area contributed by atoms with Crippen LogP contribution in [0.25, 0.3) is 0 Å². The Balaban J connectivity index is 1.47. The molecule has 0 bridgehead atoms. The fourth-order valence-electron chi connectivity index (χ4n) is 4.06. The van der Waals surface area contributed by atoms with Crippen LogP contribution in [0.4, 0.5) is 10.5 Å². The van der Waals surface area contributed by atoms with Gasteiger partial charge in [0.25, 0.3) is 0 Å². The fourth-order valence-corrected chi connectivity index (χ4v) is 4.96. The first-order valence-electron chi connectivity index (χ1n) is 10.7. The topological polar surface area (TPSA) is 101 Å². The number of rotatable bonds is 8. The van der Waals surface area contributed by atoms with Gasteiger partial charge in [0, 0.05) is 30.9 Å². The minimum atomic E-state index is -0.317. The van der Waals surface area contributed by atoms with E-state index in [0.29, 0.717) is 25.7 Å². The molecule has 2 aliphatic rings. The lowest BCUT2D eigenvalue weighted by atomic mass is 9.95. The summed E-state index contributed by atoms with van der Waals surface area (Å²) < 4.78 is 7.48. The van der Waals surface area contributed by atoms with Crippen molar-refractivity contribution in [2.75, 3.05) is 31.3 Å². The number of nitrogens with zero attached hydrogens (tertiary/aromatic N) is 4. The molecule has 31 heavy (non-hydrogen) atoms. The van der Waals surface area contributed by atoms with E-state index in [2.05, 4.69) is 25.4 Å². The zero-order chi connectivity index (χ0) is 21.6. The number of aromatic nitrogens is 3. The largest absolute Gasteiger partial charge is 0.497 e. The summed E-state index contributed by atoms with van der Waals surface area (Å²) in [6.07, 6.45) is 5.78. The summed E-state index contributed by atoms with van der Waals surface area (Å²) in [4.78, 5) is 25.5. The molecule has 3 amide bonds. The van der Waals surface area contributed by atoms with Gasteiger partial charge in [-0.1, -0.05) is 37.1 Å². The average Bonchev–Trinajstić information content (AvgIpc) is 3.42. The zero-order valence-corrected chi connectivity index (χ0v) is 18.5. The number of ether oxygens (including phenoxy) is 1. The van der Waals surface area contributed by atoms with Crippen molar-refractivity contribution in [1.82, 2.24) is 25.0 Å². The van der Waals surface area contributed by atoms with Crippen molar-refractivity contribution in [3.05, 3.63) is 30.1 Å². The van der Waals surface area contributed by atoms with Gasteiger partial charge in [-0.15, -0.1) is 10.2 Å². The molecule has 0 unspecified atom stereocenters. The van der Waals surface area contributed by atoms with E-state index in [-0.39, 0.29) is 17.7 Å². The average molecular weight is 445 g/mol. The maximum absolute atomic E-state index is 12.5. The Morgan fingerprint density at radius 1 is 1.29 bits per heavy atom. The van der Waals surface area contributed by atoms with Crippen LogP contribution in [0.15, 0.2) is 29.4 Å². The van der Waals surface area contributed by atoms with E-state index in [0.717, 1.165) is 35.3 Å². The molecule has 9 nitrogen and oxygen atoms in total. The Morgan fingerprint density at radius 2 is 2.13 bits per heavy atom. The molecule has 1 saturated carbocycles. The maximum Gasteiger partial charge on any atom is 0.324 e. The van der Waals surface area contributed by atoms with Crippen molar-refractivity contribution in [2.45, 2.75) is 49.8 Å². The molecule has 1 aliphatic carbocycles. The Bertz CT molecular complexity index is 928. The molecule has 2 fully saturated rings. The minimum absolute atomic E-state index is 0.168. The fraction of sp³-hybridized carbons (Fsp3) is 0.524. The smallest absolute Gasteiger partial charge is 0.324 e. The maximum atomic E-state index is 12.5.